The molecule has 430 valence electrons. The largest absolute Gasteiger partial charge is 0.309 e. The Hall–Kier alpha value is -12.4. The molecule has 6 nitrogen and oxygen atoms in total. The third kappa shape index (κ3) is 9.80. The van der Waals surface area contributed by atoms with Gasteiger partial charge in [0.05, 0.1) is 27.8 Å². The van der Waals surface area contributed by atoms with Gasteiger partial charge in [0.1, 0.15) is 0 Å². The predicted octanol–water partition coefficient (Wildman–Crippen LogP) is 22.1. The van der Waals surface area contributed by atoms with Crippen LogP contribution in [0.5, 0.6) is 0 Å². The van der Waals surface area contributed by atoms with Gasteiger partial charge >= 0.3 is 0 Å². The second-order valence-corrected chi connectivity index (χ2v) is 23.4. The van der Waals surface area contributed by atoms with Crippen molar-refractivity contribution in [3.05, 3.63) is 340 Å². The van der Waals surface area contributed by atoms with Crippen LogP contribution in [0.15, 0.2) is 340 Å². The number of nitrogens with zero attached hydrogens (tertiary/aromatic N) is 6. The van der Waals surface area contributed by atoms with Gasteiger partial charge in [-0.15, -0.1) is 0 Å². The van der Waals surface area contributed by atoms with E-state index in [1.165, 1.54) is 66.1 Å². The number of hydrogen-bond donors (Lipinski definition) is 0. The van der Waals surface area contributed by atoms with Crippen molar-refractivity contribution in [2.24, 2.45) is 0 Å². The molecular formula is C86H56N6. The summed E-state index contributed by atoms with van der Waals surface area (Å²) in [4.78, 5) is 20.4. The lowest BCUT2D eigenvalue weighted by molar-refractivity contribution is 1.07. The first-order valence-electron chi connectivity index (χ1n) is 31.2. The third-order valence-corrected chi connectivity index (χ3v) is 17.9. The van der Waals surface area contributed by atoms with Crippen LogP contribution in [0.1, 0.15) is 0 Å². The van der Waals surface area contributed by atoms with Crippen LogP contribution in [0.4, 0.5) is 0 Å². The Morgan fingerprint density at radius 2 is 0.478 bits per heavy atom. The number of rotatable bonds is 12. The molecule has 0 radical (unpaired) electrons. The van der Waals surface area contributed by atoms with Crippen molar-refractivity contribution in [3.63, 3.8) is 0 Å². The Morgan fingerprint density at radius 3 is 0.815 bits per heavy atom. The van der Waals surface area contributed by atoms with Crippen LogP contribution in [-0.4, -0.2) is 29.1 Å². The van der Waals surface area contributed by atoms with Gasteiger partial charge in [0.15, 0.2) is 17.5 Å². The molecule has 0 atom stereocenters. The van der Waals surface area contributed by atoms with Gasteiger partial charge < -0.3 is 9.13 Å². The molecule has 0 amide bonds. The van der Waals surface area contributed by atoms with E-state index in [1.54, 1.807) is 0 Å². The normalized spacial score (nSPS) is 11.5. The van der Waals surface area contributed by atoms with E-state index < -0.39 is 0 Å². The lowest BCUT2D eigenvalue weighted by atomic mass is 9.90. The summed E-state index contributed by atoms with van der Waals surface area (Å²) in [5.41, 5.74) is 25.0. The lowest BCUT2D eigenvalue weighted by Crippen LogP contribution is -2.00. The zero-order valence-corrected chi connectivity index (χ0v) is 50.0. The summed E-state index contributed by atoms with van der Waals surface area (Å²) in [6.45, 7) is 0. The molecule has 0 saturated heterocycles. The summed E-state index contributed by atoms with van der Waals surface area (Å²) in [7, 11) is 0. The summed E-state index contributed by atoms with van der Waals surface area (Å²) >= 11 is 0. The van der Waals surface area contributed by atoms with E-state index in [0.29, 0.717) is 17.5 Å². The Morgan fingerprint density at radius 1 is 0.207 bits per heavy atom. The maximum absolute atomic E-state index is 5.30. The molecule has 17 aromatic rings. The first kappa shape index (κ1) is 53.8. The molecule has 92 heavy (non-hydrogen) atoms. The van der Waals surface area contributed by atoms with Gasteiger partial charge in [0.25, 0.3) is 0 Å². The molecule has 0 aliphatic rings. The van der Waals surface area contributed by atoms with Gasteiger partial charge in [-0.05, 0) is 140 Å². The molecule has 0 N–H and O–H groups in total. The Labute approximate surface area is 533 Å². The van der Waals surface area contributed by atoms with Crippen molar-refractivity contribution in [2.45, 2.75) is 0 Å². The summed E-state index contributed by atoms with van der Waals surface area (Å²) in [5.74, 6) is 1.84. The molecule has 0 unspecified atom stereocenters. The van der Waals surface area contributed by atoms with Crippen molar-refractivity contribution in [1.82, 2.24) is 29.1 Å². The highest BCUT2D eigenvalue weighted by Crippen LogP contribution is 2.44. The maximum atomic E-state index is 5.30. The van der Waals surface area contributed by atoms with Gasteiger partial charge in [0.2, 0.25) is 0 Å². The Balaban J connectivity index is 0.806. The van der Waals surface area contributed by atoms with E-state index in [9.17, 15) is 0 Å². The SMILES string of the molecule is c1ccc(-c2ccc3c(c2)c2cc(-c4ccccc4)ccc2n3-c2ccc(-c3nccc(-c4ccc(-c5nc(-c6ccccc6)nc(-c6ccccc6)n5)cc4)c3-c3ccc(-n4c5ccc(-c6ccccc6)cc5c5cc(-c6ccccc6)ccc54)cc3)cc2)cc1. The predicted molar refractivity (Wildman–Crippen MR) is 381 cm³/mol. The Kier molecular flexibility index (Phi) is 13.4. The van der Waals surface area contributed by atoms with E-state index >= 15 is 0 Å². The smallest absolute Gasteiger partial charge is 0.164 e. The summed E-state index contributed by atoms with van der Waals surface area (Å²) in [6.07, 6.45) is 1.95. The van der Waals surface area contributed by atoms with Gasteiger partial charge in [-0.3, -0.25) is 4.98 Å². The van der Waals surface area contributed by atoms with Gasteiger partial charge in [-0.25, -0.2) is 15.0 Å². The minimum Gasteiger partial charge on any atom is -0.309 e. The fourth-order valence-electron chi connectivity index (χ4n) is 13.3. The molecule has 13 aromatic carbocycles. The van der Waals surface area contributed by atoms with Gasteiger partial charge in [-0.2, -0.15) is 0 Å². The quantitative estimate of drug-likeness (QED) is 0.122. The molecule has 4 heterocycles. The van der Waals surface area contributed by atoms with Crippen LogP contribution >= 0.6 is 0 Å². The second kappa shape index (κ2) is 23.0. The van der Waals surface area contributed by atoms with Crippen molar-refractivity contribution in [1.29, 1.82) is 0 Å². The molecule has 17 rings (SSSR count). The maximum Gasteiger partial charge on any atom is 0.164 e. The summed E-state index contributed by atoms with van der Waals surface area (Å²) in [6, 6.07) is 119. The highest BCUT2D eigenvalue weighted by Gasteiger charge is 2.22. The topological polar surface area (TPSA) is 61.4 Å². The second-order valence-electron chi connectivity index (χ2n) is 23.4. The fraction of sp³-hybridized carbons (Fsp3) is 0. The minimum atomic E-state index is 0.602. The van der Waals surface area contributed by atoms with Crippen LogP contribution in [0.3, 0.4) is 0 Å². The molecule has 0 fully saturated rings. The van der Waals surface area contributed by atoms with E-state index in [2.05, 4.69) is 282 Å². The molecule has 0 aliphatic carbocycles. The third-order valence-electron chi connectivity index (χ3n) is 17.9. The van der Waals surface area contributed by atoms with E-state index in [0.717, 1.165) is 83.6 Å². The van der Waals surface area contributed by atoms with Crippen LogP contribution < -0.4 is 0 Å². The van der Waals surface area contributed by atoms with Crippen molar-refractivity contribution < 1.29 is 0 Å². The molecular weight excluding hydrogens is 1120 g/mol. The van der Waals surface area contributed by atoms with Crippen molar-refractivity contribution in [3.8, 4) is 124 Å². The number of benzene rings is 13. The number of hydrogen-bond acceptors (Lipinski definition) is 4. The van der Waals surface area contributed by atoms with Crippen molar-refractivity contribution >= 4 is 43.6 Å². The molecule has 0 spiro atoms. The molecule has 4 aromatic heterocycles. The highest BCUT2D eigenvalue weighted by molar-refractivity contribution is 6.13. The zero-order chi connectivity index (χ0) is 60.9. The molecule has 0 saturated carbocycles. The van der Waals surface area contributed by atoms with E-state index in [-0.39, 0.29) is 0 Å². The fourth-order valence-corrected chi connectivity index (χ4v) is 13.3. The van der Waals surface area contributed by atoms with Gasteiger partial charge in [0, 0.05) is 66.9 Å². The zero-order valence-electron chi connectivity index (χ0n) is 50.0. The highest BCUT2D eigenvalue weighted by atomic mass is 15.0. The molecule has 0 aliphatic heterocycles. The monoisotopic (exact) mass is 1170 g/mol. The molecule has 6 heteroatoms. The van der Waals surface area contributed by atoms with Crippen LogP contribution in [0.25, 0.3) is 167 Å². The van der Waals surface area contributed by atoms with E-state index in [1.807, 2.05) is 66.9 Å². The number of aromatic nitrogens is 6. The first-order chi connectivity index (χ1) is 45.6. The average Bonchev–Trinajstić information content (AvgIpc) is 1.57. The van der Waals surface area contributed by atoms with Gasteiger partial charge in [-0.1, -0.05) is 255 Å². The average molecular weight is 1170 g/mol. The lowest BCUT2D eigenvalue weighted by Gasteiger charge is -2.17. The van der Waals surface area contributed by atoms with Crippen LogP contribution in [0.2, 0.25) is 0 Å². The Bertz CT molecular complexity index is 5300. The number of pyridine rings is 1. The first-order valence-corrected chi connectivity index (χ1v) is 31.2. The number of fused-ring (bicyclic) bond motifs is 6. The van der Waals surface area contributed by atoms with Crippen molar-refractivity contribution in [2.75, 3.05) is 0 Å². The minimum absolute atomic E-state index is 0.602. The summed E-state index contributed by atoms with van der Waals surface area (Å²) in [5, 5.41) is 4.80. The van der Waals surface area contributed by atoms with Crippen LogP contribution in [-0.2, 0) is 0 Å². The van der Waals surface area contributed by atoms with E-state index in [4.69, 9.17) is 19.9 Å². The van der Waals surface area contributed by atoms with Crippen LogP contribution in [0, 0.1) is 0 Å². The standard InChI is InChI=1S/C86H56N6/c1-7-19-57(20-8-1)67-39-47-78-74(53-67)75-54-68(58-21-9-2-10-22-58)40-48-79(75)91(78)71-43-35-62(36-44-71)82-73(61-31-33-66(34-32-61)86-89-84(64-27-15-5-16-28-64)88-85(90-86)65-29-17-6-18-30-65)51-52-87-83(82)63-37-45-72(46-38-63)92-80-49-41-69(59-23-11-3-12-24-59)55-76(80)77-56-70(42-50-81(77)92)60-25-13-4-14-26-60/h1-56H. The molecule has 0 bridgehead atoms. The summed E-state index contributed by atoms with van der Waals surface area (Å²) < 4.78 is 4.81.